The summed E-state index contributed by atoms with van der Waals surface area (Å²) in [5.74, 6) is 0.975. The third-order valence-electron chi connectivity index (χ3n) is 4.23. The average molecular weight is 389 g/mol. The first kappa shape index (κ1) is 19.0. The van der Waals surface area contributed by atoms with Gasteiger partial charge in [-0.05, 0) is 44.2 Å². The lowest BCUT2D eigenvalue weighted by Gasteiger charge is -2.17. The van der Waals surface area contributed by atoms with Crippen molar-refractivity contribution in [1.29, 1.82) is 0 Å². The quantitative estimate of drug-likeness (QED) is 0.617. The molecule has 0 N–H and O–H groups in total. The summed E-state index contributed by atoms with van der Waals surface area (Å²) in [5, 5.41) is 8.80. The van der Waals surface area contributed by atoms with E-state index in [2.05, 4.69) is 10.3 Å². The van der Waals surface area contributed by atoms with Crippen LogP contribution in [0.1, 0.15) is 34.4 Å². The summed E-state index contributed by atoms with van der Waals surface area (Å²) in [6.45, 7) is 5.12. The van der Waals surface area contributed by atoms with E-state index in [1.807, 2.05) is 17.7 Å². The molecule has 7 nitrogen and oxygen atoms in total. The Kier molecular flexibility index (Phi) is 5.81. The van der Waals surface area contributed by atoms with Gasteiger partial charge in [-0.3, -0.25) is 9.48 Å². The maximum atomic E-state index is 12.9. The van der Waals surface area contributed by atoms with Crippen LogP contribution in [0.5, 0.6) is 5.75 Å². The largest absolute Gasteiger partial charge is 0.489 e. The van der Waals surface area contributed by atoms with Gasteiger partial charge in [0.1, 0.15) is 18.1 Å². The molecule has 0 bridgehead atoms. The highest BCUT2D eigenvalue weighted by Gasteiger charge is 2.24. The number of aromatic nitrogens is 3. The van der Waals surface area contributed by atoms with Gasteiger partial charge in [-0.25, -0.2) is 0 Å². The normalized spacial score (nSPS) is 10.8. The minimum atomic E-state index is -0.231. The Morgan fingerprint density at radius 2 is 2.04 bits per heavy atom. The zero-order valence-corrected chi connectivity index (χ0v) is 16.2. The molecular formula is C19H21ClN4O3. The average Bonchev–Trinajstić information content (AvgIpc) is 3.26. The molecular weight excluding hydrogens is 368 g/mol. The molecule has 0 atom stereocenters. The molecule has 142 valence electrons. The molecule has 1 aromatic carbocycles. The number of rotatable bonds is 7. The molecule has 0 aliphatic rings. The number of amides is 1. The second kappa shape index (κ2) is 8.26. The summed E-state index contributed by atoms with van der Waals surface area (Å²) < 4.78 is 12.8. The molecule has 0 radical (unpaired) electrons. The lowest BCUT2D eigenvalue weighted by Crippen LogP contribution is -2.28. The highest BCUT2D eigenvalue weighted by atomic mass is 35.5. The van der Waals surface area contributed by atoms with Crippen LogP contribution in [0, 0.1) is 6.92 Å². The fourth-order valence-corrected chi connectivity index (χ4v) is 2.82. The SMILES string of the molecule is CCn1nccc1CN(C)C(=O)c1noc(C)c1COc1ccc(Cl)cc1. The van der Waals surface area contributed by atoms with Crippen LogP contribution in [0.2, 0.25) is 5.02 Å². The molecule has 2 aromatic heterocycles. The number of carbonyl (C=O) groups is 1. The van der Waals surface area contributed by atoms with Gasteiger partial charge in [0.25, 0.3) is 5.91 Å². The smallest absolute Gasteiger partial charge is 0.276 e. The van der Waals surface area contributed by atoms with Crippen LogP contribution >= 0.6 is 11.6 Å². The molecule has 2 heterocycles. The molecule has 0 aliphatic heterocycles. The number of hydrogen-bond acceptors (Lipinski definition) is 5. The molecule has 0 unspecified atom stereocenters. The molecule has 8 heteroatoms. The lowest BCUT2D eigenvalue weighted by atomic mass is 10.2. The number of hydrogen-bond donors (Lipinski definition) is 0. The van der Waals surface area contributed by atoms with Gasteiger partial charge in [0.05, 0.1) is 17.8 Å². The summed E-state index contributed by atoms with van der Waals surface area (Å²) in [6.07, 6.45) is 1.72. The molecule has 3 rings (SSSR count). The molecule has 0 aliphatic carbocycles. The van der Waals surface area contributed by atoms with Crippen LogP contribution in [-0.2, 0) is 19.7 Å². The zero-order chi connectivity index (χ0) is 19.4. The van der Waals surface area contributed by atoms with E-state index in [1.165, 1.54) is 0 Å². The Bertz CT molecular complexity index is 917. The standard InChI is InChI=1S/C19H21ClN4O3/c1-4-24-15(9-10-21-24)11-23(3)19(25)18-17(13(2)27-22-18)12-26-16-7-5-14(20)6-8-16/h5-10H,4,11-12H2,1-3H3. The molecule has 0 saturated heterocycles. The van der Waals surface area contributed by atoms with E-state index in [0.717, 1.165) is 12.2 Å². The van der Waals surface area contributed by atoms with Crippen molar-refractivity contribution in [3.63, 3.8) is 0 Å². The Morgan fingerprint density at radius 3 is 2.74 bits per heavy atom. The number of ether oxygens (including phenoxy) is 1. The summed E-state index contributed by atoms with van der Waals surface area (Å²) >= 11 is 5.88. The summed E-state index contributed by atoms with van der Waals surface area (Å²) in [5.41, 5.74) is 1.84. The minimum Gasteiger partial charge on any atom is -0.489 e. The van der Waals surface area contributed by atoms with Crippen LogP contribution in [-0.4, -0.2) is 32.8 Å². The number of halogens is 1. The van der Waals surface area contributed by atoms with E-state index in [-0.39, 0.29) is 18.2 Å². The van der Waals surface area contributed by atoms with Crippen molar-refractivity contribution in [3.8, 4) is 5.75 Å². The lowest BCUT2D eigenvalue weighted by molar-refractivity contribution is 0.0768. The van der Waals surface area contributed by atoms with Crippen molar-refractivity contribution < 1.29 is 14.1 Å². The summed E-state index contributed by atoms with van der Waals surface area (Å²) in [7, 11) is 1.73. The van der Waals surface area contributed by atoms with E-state index in [9.17, 15) is 4.79 Å². The first-order valence-corrected chi connectivity index (χ1v) is 8.97. The Labute approximate surface area is 162 Å². The predicted octanol–water partition coefficient (Wildman–Crippen LogP) is 3.70. The monoisotopic (exact) mass is 388 g/mol. The fourth-order valence-electron chi connectivity index (χ4n) is 2.69. The van der Waals surface area contributed by atoms with E-state index in [0.29, 0.717) is 28.6 Å². The van der Waals surface area contributed by atoms with Crippen LogP contribution in [0.25, 0.3) is 0 Å². The first-order valence-electron chi connectivity index (χ1n) is 8.59. The Morgan fingerprint density at radius 1 is 1.30 bits per heavy atom. The van der Waals surface area contributed by atoms with Gasteiger partial charge in [0.2, 0.25) is 0 Å². The first-order chi connectivity index (χ1) is 13.0. The van der Waals surface area contributed by atoms with Crippen molar-refractivity contribution in [1.82, 2.24) is 19.8 Å². The Balaban J connectivity index is 1.72. The van der Waals surface area contributed by atoms with E-state index in [1.54, 1.807) is 49.3 Å². The molecule has 27 heavy (non-hydrogen) atoms. The van der Waals surface area contributed by atoms with Crippen molar-refractivity contribution in [3.05, 3.63) is 64.3 Å². The van der Waals surface area contributed by atoms with Gasteiger partial charge in [0, 0.05) is 24.8 Å². The second-order valence-corrected chi connectivity index (χ2v) is 6.54. The predicted molar refractivity (Wildman–Crippen MR) is 101 cm³/mol. The highest BCUT2D eigenvalue weighted by Crippen LogP contribution is 2.21. The maximum absolute atomic E-state index is 12.9. The van der Waals surface area contributed by atoms with Crippen molar-refractivity contribution in [2.45, 2.75) is 33.5 Å². The molecule has 0 saturated carbocycles. The van der Waals surface area contributed by atoms with Crippen LogP contribution < -0.4 is 4.74 Å². The summed E-state index contributed by atoms with van der Waals surface area (Å²) in [6, 6.07) is 8.92. The van der Waals surface area contributed by atoms with Gasteiger partial charge in [0.15, 0.2) is 5.69 Å². The zero-order valence-electron chi connectivity index (χ0n) is 15.5. The van der Waals surface area contributed by atoms with Crippen molar-refractivity contribution in [2.75, 3.05) is 7.05 Å². The van der Waals surface area contributed by atoms with Gasteiger partial charge in [-0.1, -0.05) is 16.8 Å². The van der Waals surface area contributed by atoms with E-state index < -0.39 is 0 Å². The number of nitrogens with zero attached hydrogens (tertiary/aromatic N) is 4. The Hall–Kier alpha value is -2.80. The van der Waals surface area contributed by atoms with Crippen LogP contribution in [0.15, 0.2) is 41.1 Å². The number of aryl methyl sites for hydroxylation is 2. The third-order valence-corrected chi connectivity index (χ3v) is 4.49. The van der Waals surface area contributed by atoms with Crippen LogP contribution in [0.3, 0.4) is 0 Å². The van der Waals surface area contributed by atoms with E-state index >= 15 is 0 Å². The third kappa shape index (κ3) is 4.31. The molecule has 1 amide bonds. The summed E-state index contributed by atoms with van der Waals surface area (Å²) in [4.78, 5) is 14.5. The topological polar surface area (TPSA) is 73.4 Å². The van der Waals surface area contributed by atoms with E-state index in [4.69, 9.17) is 20.9 Å². The van der Waals surface area contributed by atoms with Gasteiger partial charge in [-0.15, -0.1) is 0 Å². The maximum Gasteiger partial charge on any atom is 0.276 e. The van der Waals surface area contributed by atoms with Crippen molar-refractivity contribution in [2.24, 2.45) is 0 Å². The van der Waals surface area contributed by atoms with Crippen molar-refractivity contribution >= 4 is 17.5 Å². The molecule has 0 spiro atoms. The highest BCUT2D eigenvalue weighted by molar-refractivity contribution is 6.30. The van der Waals surface area contributed by atoms with Gasteiger partial charge < -0.3 is 14.2 Å². The minimum absolute atomic E-state index is 0.179. The molecule has 0 fully saturated rings. The van der Waals surface area contributed by atoms with Crippen LogP contribution in [0.4, 0.5) is 0 Å². The molecule has 3 aromatic rings. The number of carbonyl (C=O) groups excluding carboxylic acids is 1. The van der Waals surface area contributed by atoms with Gasteiger partial charge >= 0.3 is 0 Å². The second-order valence-electron chi connectivity index (χ2n) is 6.11. The fraction of sp³-hybridized carbons (Fsp3) is 0.316. The van der Waals surface area contributed by atoms with Gasteiger partial charge in [-0.2, -0.15) is 5.10 Å². The number of benzene rings is 1.